The Morgan fingerprint density at radius 1 is 1.28 bits per heavy atom. The van der Waals surface area contributed by atoms with Crippen molar-refractivity contribution in [2.45, 2.75) is 84.7 Å². The van der Waals surface area contributed by atoms with Gasteiger partial charge in [0.1, 0.15) is 0 Å². The van der Waals surface area contributed by atoms with Crippen LogP contribution >= 0.6 is 0 Å². The van der Waals surface area contributed by atoms with Crippen molar-refractivity contribution in [3.05, 3.63) is 0 Å². The van der Waals surface area contributed by atoms with E-state index >= 15 is 0 Å². The zero-order chi connectivity index (χ0) is 18.6. The van der Waals surface area contributed by atoms with Crippen molar-refractivity contribution in [3.8, 4) is 0 Å². The molecule has 5 nitrogen and oxygen atoms in total. The van der Waals surface area contributed by atoms with E-state index in [4.69, 9.17) is 5.73 Å². The predicted octanol–water partition coefficient (Wildman–Crippen LogP) is 2.68. The molecular weight excluding hydrogens is 314 g/mol. The number of likely N-dealkylation sites (tertiary alicyclic amines) is 1. The van der Waals surface area contributed by atoms with Gasteiger partial charge in [0, 0.05) is 25.0 Å². The van der Waals surface area contributed by atoms with Gasteiger partial charge in [0.15, 0.2) is 0 Å². The van der Waals surface area contributed by atoms with E-state index in [2.05, 4.69) is 12.2 Å². The van der Waals surface area contributed by atoms with Gasteiger partial charge in [0.25, 0.3) is 0 Å². The van der Waals surface area contributed by atoms with Crippen LogP contribution in [0.15, 0.2) is 0 Å². The minimum Gasteiger partial charge on any atom is -0.354 e. The van der Waals surface area contributed by atoms with Crippen LogP contribution in [-0.2, 0) is 9.59 Å². The van der Waals surface area contributed by atoms with E-state index in [1.165, 1.54) is 19.3 Å². The largest absolute Gasteiger partial charge is 0.354 e. The Kier molecular flexibility index (Phi) is 6.89. The van der Waals surface area contributed by atoms with E-state index in [1.807, 2.05) is 25.7 Å². The number of nitrogens with one attached hydrogen (secondary N) is 1. The second kappa shape index (κ2) is 8.52. The summed E-state index contributed by atoms with van der Waals surface area (Å²) in [5.74, 6) is 1.12. The summed E-state index contributed by atoms with van der Waals surface area (Å²) in [6, 6.07) is -0.393. The molecule has 2 rings (SSSR count). The van der Waals surface area contributed by atoms with Gasteiger partial charge < -0.3 is 16.0 Å². The van der Waals surface area contributed by atoms with E-state index in [0.29, 0.717) is 6.54 Å². The van der Waals surface area contributed by atoms with Crippen molar-refractivity contribution < 1.29 is 9.59 Å². The van der Waals surface area contributed by atoms with Gasteiger partial charge >= 0.3 is 0 Å². The van der Waals surface area contributed by atoms with Crippen molar-refractivity contribution in [2.75, 3.05) is 13.1 Å². The number of hydrogen-bond donors (Lipinski definition) is 2. The van der Waals surface area contributed by atoms with Gasteiger partial charge in [-0.25, -0.2) is 0 Å². The number of unbranched alkanes of at least 4 members (excludes halogenated alkanes) is 1. The molecule has 1 aliphatic heterocycles. The zero-order valence-electron chi connectivity index (χ0n) is 16.5. The number of nitrogens with two attached hydrogens (primary N) is 1. The van der Waals surface area contributed by atoms with Crippen LogP contribution in [0.4, 0.5) is 0 Å². The Hall–Kier alpha value is -1.10. The summed E-state index contributed by atoms with van der Waals surface area (Å²) < 4.78 is 0. The van der Waals surface area contributed by atoms with Crippen LogP contribution < -0.4 is 11.1 Å². The van der Waals surface area contributed by atoms with Gasteiger partial charge in [-0.15, -0.1) is 0 Å². The summed E-state index contributed by atoms with van der Waals surface area (Å²) in [5.41, 5.74) is 5.90. The highest BCUT2D eigenvalue weighted by molar-refractivity contribution is 5.83. The van der Waals surface area contributed by atoms with E-state index in [9.17, 15) is 9.59 Å². The molecule has 1 heterocycles. The average Bonchev–Trinajstić information content (AvgIpc) is 2.97. The molecule has 0 spiro atoms. The number of hydrogen-bond acceptors (Lipinski definition) is 3. The fraction of sp³-hybridized carbons (Fsp3) is 0.900. The first kappa shape index (κ1) is 20.2. The Bertz CT molecular complexity index is 466. The second-order valence-corrected chi connectivity index (χ2v) is 9.09. The standard InChI is InChI=1S/C20H37N3O2/c1-5-6-8-14-11-15(12-14)18(24)22-13-16-9-7-10-23(16)19(25)17(21)20(2,3)4/h14-17H,5-13,21H2,1-4H3,(H,22,24)/t14-,15-,16-,17-/m1/s1. The Labute approximate surface area is 153 Å². The van der Waals surface area contributed by atoms with E-state index in [1.54, 1.807) is 0 Å². The highest BCUT2D eigenvalue weighted by atomic mass is 16.2. The maximum absolute atomic E-state index is 12.7. The number of rotatable bonds is 7. The van der Waals surface area contributed by atoms with Gasteiger partial charge in [-0.1, -0.05) is 47.0 Å². The Morgan fingerprint density at radius 2 is 1.96 bits per heavy atom. The van der Waals surface area contributed by atoms with Crippen molar-refractivity contribution in [1.29, 1.82) is 0 Å². The molecule has 0 aromatic carbocycles. The lowest BCUT2D eigenvalue weighted by atomic mass is 9.72. The first-order valence-electron chi connectivity index (χ1n) is 10.1. The molecule has 2 fully saturated rings. The SMILES string of the molecule is CCCC[C@H]1C[C@H](C(=O)NC[C@H]2CCCN2C(=O)[C@@H](N)C(C)(C)C)C1. The van der Waals surface area contributed by atoms with E-state index in [0.717, 1.165) is 38.1 Å². The molecule has 2 aliphatic rings. The predicted molar refractivity (Wildman–Crippen MR) is 101 cm³/mol. The van der Waals surface area contributed by atoms with Gasteiger partial charge in [0.05, 0.1) is 6.04 Å². The molecule has 1 saturated carbocycles. The van der Waals surface area contributed by atoms with Crippen LogP contribution in [0.3, 0.4) is 0 Å². The normalized spacial score (nSPS) is 27.7. The highest BCUT2D eigenvalue weighted by Crippen LogP contribution is 2.37. The summed E-state index contributed by atoms with van der Waals surface area (Å²) in [4.78, 5) is 26.9. The minimum absolute atomic E-state index is 0.0209. The van der Waals surface area contributed by atoms with E-state index in [-0.39, 0.29) is 29.2 Å². The molecule has 2 amide bonds. The van der Waals surface area contributed by atoms with Gasteiger partial charge in [-0.05, 0) is 37.0 Å². The molecule has 144 valence electrons. The molecule has 25 heavy (non-hydrogen) atoms. The molecule has 0 bridgehead atoms. The number of carbonyl (C=O) groups excluding carboxylic acids is 2. The molecule has 3 N–H and O–H groups in total. The summed E-state index contributed by atoms with van der Waals surface area (Å²) in [6.45, 7) is 9.52. The molecule has 1 aliphatic carbocycles. The average molecular weight is 352 g/mol. The van der Waals surface area contributed by atoms with Crippen LogP contribution in [0.5, 0.6) is 0 Å². The molecule has 0 radical (unpaired) electrons. The fourth-order valence-corrected chi connectivity index (χ4v) is 3.93. The lowest BCUT2D eigenvalue weighted by Crippen LogP contribution is -2.54. The van der Waals surface area contributed by atoms with Gasteiger partial charge in [-0.3, -0.25) is 9.59 Å². The minimum atomic E-state index is -0.491. The van der Waals surface area contributed by atoms with Crippen molar-refractivity contribution in [3.63, 3.8) is 0 Å². The molecule has 0 aromatic heterocycles. The van der Waals surface area contributed by atoms with Gasteiger partial charge in [0.2, 0.25) is 11.8 Å². The Balaban J connectivity index is 1.76. The van der Waals surface area contributed by atoms with Crippen molar-refractivity contribution in [2.24, 2.45) is 23.0 Å². The monoisotopic (exact) mass is 351 g/mol. The lowest BCUT2D eigenvalue weighted by molar-refractivity contribution is -0.136. The third-order valence-corrected chi connectivity index (χ3v) is 5.94. The third-order valence-electron chi connectivity index (χ3n) is 5.94. The van der Waals surface area contributed by atoms with E-state index < -0.39 is 6.04 Å². The fourth-order valence-electron chi connectivity index (χ4n) is 3.93. The summed E-state index contributed by atoms with van der Waals surface area (Å²) in [6.07, 6.45) is 7.78. The first-order valence-corrected chi connectivity index (χ1v) is 10.1. The van der Waals surface area contributed by atoms with Crippen LogP contribution in [0.25, 0.3) is 0 Å². The topological polar surface area (TPSA) is 75.4 Å². The quantitative estimate of drug-likeness (QED) is 0.740. The molecule has 5 heteroatoms. The van der Waals surface area contributed by atoms with Crippen molar-refractivity contribution >= 4 is 11.8 Å². The smallest absolute Gasteiger partial charge is 0.240 e. The highest BCUT2D eigenvalue weighted by Gasteiger charge is 2.38. The summed E-state index contributed by atoms with van der Waals surface area (Å²) in [5, 5.41) is 3.09. The van der Waals surface area contributed by atoms with Crippen molar-refractivity contribution in [1.82, 2.24) is 10.2 Å². The lowest BCUT2D eigenvalue weighted by Gasteiger charge is -2.36. The number of amides is 2. The van der Waals surface area contributed by atoms with Crippen LogP contribution in [0, 0.1) is 17.3 Å². The first-order chi connectivity index (χ1) is 11.7. The van der Waals surface area contributed by atoms with Crippen LogP contribution in [-0.4, -0.2) is 41.9 Å². The molecular formula is C20H37N3O2. The zero-order valence-corrected chi connectivity index (χ0v) is 16.5. The molecule has 0 unspecified atom stereocenters. The second-order valence-electron chi connectivity index (χ2n) is 9.09. The Morgan fingerprint density at radius 3 is 2.56 bits per heavy atom. The van der Waals surface area contributed by atoms with Crippen LogP contribution in [0.1, 0.15) is 72.6 Å². The number of carbonyl (C=O) groups is 2. The summed E-state index contributed by atoms with van der Waals surface area (Å²) in [7, 11) is 0. The molecule has 2 atom stereocenters. The maximum Gasteiger partial charge on any atom is 0.240 e. The van der Waals surface area contributed by atoms with Gasteiger partial charge in [-0.2, -0.15) is 0 Å². The van der Waals surface area contributed by atoms with Crippen LogP contribution in [0.2, 0.25) is 0 Å². The molecule has 1 saturated heterocycles. The summed E-state index contributed by atoms with van der Waals surface area (Å²) >= 11 is 0. The number of nitrogens with zero attached hydrogens (tertiary/aromatic N) is 1. The third kappa shape index (κ3) is 5.19. The maximum atomic E-state index is 12.7. The molecule has 0 aromatic rings.